The molecule has 1 heterocycles. The van der Waals surface area contributed by atoms with E-state index < -0.39 is 21.7 Å². The van der Waals surface area contributed by atoms with Crippen LogP contribution in [0.3, 0.4) is 0 Å². The third-order valence-corrected chi connectivity index (χ3v) is 5.29. The average Bonchev–Trinajstić information content (AvgIpc) is 2.78. The summed E-state index contributed by atoms with van der Waals surface area (Å²) in [6.45, 7) is 3.58. The molecule has 0 bridgehead atoms. The standard InChI is InChI=1S/C11H25BO9P2/c1-8(2)11-9(7-10(12)20-11)21-23(15,16)19-6-4-5-18-22(13,14)17-3/h8-11H,4-7,12H2,1-3H3,(H,13,14)(H,15,16). The van der Waals surface area contributed by atoms with Crippen molar-refractivity contribution in [3.63, 3.8) is 0 Å². The van der Waals surface area contributed by atoms with Gasteiger partial charge in [0.2, 0.25) is 0 Å². The summed E-state index contributed by atoms with van der Waals surface area (Å²) in [7, 11) is -5.35. The Balaban J connectivity index is 2.36. The predicted octanol–water partition coefficient (Wildman–Crippen LogP) is 1.05. The molecule has 0 saturated carbocycles. The monoisotopic (exact) mass is 374 g/mol. The van der Waals surface area contributed by atoms with Crippen LogP contribution in [0, 0.1) is 5.92 Å². The minimum atomic E-state index is -4.23. The van der Waals surface area contributed by atoms with E-state index in [1.807, 2.05) is 21.7 Å². The van der Waals surface area contributed by atoms with Crippen molar-refractivity contribution < 1.29 is 41.7 Å². The maximum atomic E-state index is 11.9. The predicted molar refractivity (Wildman–Crippen MR) is 84.7 cm³/mol. The summed E-state index contributed by atoms with van der Waals surface area (Å²) in [4.78, 5) is 18.8. The Labute approximate surface area is 137 Å². The Morgan fingerprint density at radius 3 is 2.30 bits per heavy atom. The van der Waals surface area contributed by atoms with Gasteiger partial charge in [0, 0.05) is 13.1 Å². The molecule has 0 radical (unpaired) electrons. The zero-order valence-electron chi connectivity index (χ0n) is 13.8. The molecule has 0 aromatic carbocycles. The first-order valence-electron chi connectivity index (χ1n) is 7.40. The Bertz CT molecular complexity index is 461. The summed E-state index contributed by atoms with van der Waals surface area (Å²) in [5, 5.41) is 0. The molecule has 5 atom stereocenters. The molecule has 1 aliphatic heterocycles. The van der Waals surface area contributed by atoms with Crippen molar-refractivity contribution >= 4 is 23.5 Å². The molecule has 1 rings (SSSR count). The Kier molecular flexibility index (Phi) is 8.41. The van der Waals surface area contributed by atoms with Crippen molar-refractivity contribution in [1.29, 1.82) is 0 Å². The molecule has 1 saturated heterocycles. The van der Waals surface area contributed by atoms with Crippen LogP contribution in [0.2, 0.25) is 0 Å². The van der Waals surface area contributed by atoms with Crippen molar-refractivity contribution in [3.05, 3.63) is 0 Å². The average molecular weight is 374 g/mol. The lowest BCUT2D eigenvalue weighted by atomic mass is 9.94. The van der Waals surface area contributed by atoms with Crippen LogP contribution in [0.25, 0.3) is 0 Å². The molecule has 0 aliphatic carbocycles. The minimum Gasteiger partial charge on any atom is -0.381 e. The molecule has 9 nitrogen and oxygen atoms in total. The van der Waals surface area contributed by atoms with E-state index in [9.17, 15) is 14.0 Å². The lowest BCUT2D eigenvalue weighted by Gasteiger charge is -2.24. The third-order valence-electron chi connectivity index (χ3n) is 3.27. The van der Waals surface area contributed by atoms with Crippen molar-refractivity contribution in [2.24, 2.45) is 5.92 Å². The van der Waals surface area contributed by atoms with Gasteiger partial charge >= 0.3 is 15.6 Å². The van der Waals surface area contributed by atoms with Gasteiger partial charge in [-0.25, -0.2) is 9.13 Å². The smallest absolute Gasteiger partial charge is 0.381 e. The molecule has 0 amide bonds. The minimum absolute atomic E-state index is 0.0476. The van der Waals surface area contributed by atoms with E-state index in [0.717, 1.165) is 7.11 Å². The van der Waals surface area contributed by atoms with Gasteiger partial charge in [-0.05, 0) is 18.8 Å². The Morgan fingerprint density at radius 2 is 1.78 bits per heavy atom. The molecule has 0 spiro atoms. The molecule has 5 unspecified atom stereocenters. The van der Waals surface area contributed by atoms with Gasteiger partial charge in [-0.2, -0.15) is 0 Å². The van der Waals surface area contributed by atoms with E-state index in [1.54, 1.807) is 0 Å². The lowest BCUT2D eigenvalue weighted by Crippen LogP contribution is -2.28. The fourth-order valence-electron chi connectivity index (χ4n) is 2.24. The molecule has 0 aromatic rings. The topological polar surface area (TPSA) is 121 Å². The molecule has 1 fully saturated rings. The van der Waals surface area contributed by atoms with Crippen molar-refractivity contribution in [3.8, 4) is 0 Å². The molecule has 23 heavy (non-hydrogen) atoms. The van der Waals surface area contributed by atoms with Crippen molar-refractivity contribution in [2.75, 3.05) is 20.3 Å². The summed E-state index contributed by atoms with van der Waals surface area (Å²) in [6.07, 6.45) is -0.128. The van der Waals surface area contributed by atoms with Gasteiger partial charge in [0.1, 0.15) is 7.85 Å². The second kappa shape index (κ2) is 9.08. The molecule has 2 N–H and O–H groups in total. The SMILES string of the molecule is BC1CC(OP(=O)(O)OCCCOP(=O)(O)OC)C(C(C)C)O1. The van der Waals surface area contributed by atoms with Crippen molar-refractivity contribution in [2.45, 2.75) is 44.9 Å². The van der Waals surface area contributed by atoms with E-state index in [-0.39, 0.29) is 37.7 Å². The zero-order chi connectivity index (χ0) is 17.7. The van der Waals surface area contributed by atoms with Gasteiger partial charge < -0.3 is 14.5 Å². The fraction of sp³-hybridized carbons (Fsp3) is 1.00. The van der Waals surface area contributed by atoms with Crippen LogP contribution >= 0.6 is 15.6 Å². The van der Waals surface area contributed by atoms with Crippen LogP contribution in [-0.2, 0) is 32.0 Å². The second-order valence-corrected chi connectivity index (χ2v) is 8.64. The van der Waals surface area contributed by atoms with Crippen LogP contribution in [0.4, 0.5) is 0 Å². The first-order valence-corrected chi connectivity index (χ1v) is 10.4. The van der Waals surface area contributed by atoms with Crippen LogP contribution in [0.15, 0.2) is 0 Å². The molecule has 12 heteroatoms. The first kappa shape index (κ1) is 21.3. The van der Waals surface area contributed by atoms with Gasteiger partial charge in [-0.15, -0.1) is 0 Å². The number of rotatable bonds is 10. The van der Waals surface area contributed by atoms with Crippen LogP contribution < -0.4 is 0 Å². The van der Waals surface area contributed by atoms with E-state index in [0.29, 0.717) is 6.42 Å². The van der Waals surface area contributed by atoms with E-state index in [1.165, 1.54) is 0 Å². The lowest BCUT2D eigenvalue weighted by molar-refractivity contribution is -0.00179. The van der Waals surface area contributed by atoms with Gasteiger partial charge in [0.15, 0.2) is 0 Å². The molecule has 1 aliphatic rings. The highest BCUT2D eigenvalue weighted by Crippen LogP contribution is 2.48. The number of hydrogen-bond acceptors (Lipinski definition) is 7. The highest BCUT2D eigenvalue weighted by molar-refractivity contribution is 7.47. The van der Waals surface area contributed by atoms with Crippen molar-refractivity contribution in [1.82, 2.24) is 0 Å². The normalized spacial score (nSPS) is 30.3. The summed E-state index contributed by atoms with van der Waals surface area (Å²) >= 11 is 0. The summed E-state index contributed by atoms with van der Waals surface area (Å²) in [6, 6.07) is -0.0476. The quantitative estimate of drug-likeness (QED) is 0.328. The van der Waals surface area contributed by atoms with Gasteiger partial charge in [-0.1, -0.05) is 13.8 Å². The van der Waals surface area contributed by atoms with Crippen LogP contribution in [-0.4, -0.2) is 56.2 Å². The maximum Gasteiger partial charge on any atom is 0.472 e. The van der Waals surface area contributed by atoms with E-state index in [2.05, 4.69) is 9.05 Å². The molecular formula is C11H25BO9P2. The number of hydrogen-bond donors (Lipinski definition) is 2. The summed E-state index contributed by atoms with van der Waals surface area (Å²) < 4.78 is 47.5. The largest absolute Gasteiger partial charge is 0.472 e. The summed E-state index contributed by atoms with van der Waals surface area (Å²) in [5.74, 6) is 0.145. The highest BCUT2D eigenvalue weighted by Gasteiger charge is 2.40. The second-order valence-electron chi connectivity index (χ2n) is 5.67. The number of phosphoric ester groups is 2. The van der Waals surface area contributed by atoms with Crippen LogP contribution in [0.5, 0.6) is 0 Å². The summed E-state index contributed by atoms with van der Waals surface area (Å²) in [5.41, 5.74) is 0. The first-order chi connectivity index (χ1) is 10.6. The zero-order valence-corrected chi connectivity index (χ0v) is 15.6. The maximum absolute atomic E-state index is 11.9. The third kappa shape index (κ3) is 7.77. The Hall–Kier alpha value is 0.245. The van der Waals surface area contributed by atoms with E-state index >= 15 is 0 Å². The fourth-order valence-corrected chi connectivity index (χ4v) is 3.67. The molecular weight excluding hydrogens is 349 g/mol. The Morgan fingerprint density at radius 1 is 1.22 bits per heavy atom. The highest BCUT2D eigenvalue weighted by atomic mass is 31.2. The van der Waals surface area contributed by atoms with E-state index in [4.69, 9.17) is 18.7 Å². The molecule has 136 valence electrons. The van der Waals surface area contributed by atoms with Gasteiger partial charge in [0.25, 0.3) is 0 Å². The van der Waals surface area contributed by atoms with Crippen LogP contribution in [0.1, 0.15) is 26.7 Å². The number of phosphoric acid groups is 2. The van der Waals surface area contributed by atoms with Gasteiger partial charge in [0.05, 0.1) is 25.4 Å². The van der Waals surface area contributed by atoms with Gasteiger partial charge in [-0.3, -0.25) is 18.1 Å². The molecule has 0 aromatic heterocycles. The number of ether oxygens (including phenoxy) is 1.